The molecule has 2 aromatic rings. The van der Waals surface area contributed by atoms with Crippen LogP contribution in [0.15, 0.2) is 41.3 Å². The number of halogens is 3. The molecule has 0 saturated heterocycles. The standard InChI is InChI=1S/C12H14F3N3O3S/c13-12(14,15)4-8-22(19,20)17-9-10(11-3-1-7-21-11)18-6-2-5-16-18/h1-3,5-7,10,17H,4,8-9H2. The molecule has 1 unspecified atom stereocenters. The smallest absolute Gasteiger partial charge is 0.390 e. The van der Waals surface area contributed by atoms with Crippen molar-refractivity contribution in [3.8, 4) is 0 Å². The summed E-state index contributed by atoms with van der Waals surface area (Å²) in [7, 11) is -4.04. The van der Waals surface area contributed by atoms with E-state index in [1.165, 1.54) is 17.1 Å². The number of rotatable bonds is 7. The van der Waals surface area contributed by atoms with Crippen LogP contribution in [0, 0.1) is 0 Å². The van der Waals surface area contributed by atoms with Crippen molar-refractivity contribution >= 4 is 10.0 Å². The van der Waals surface area contributed by atoms with Crippen molar-refractivity contribution in [2.24, 2.45) is 0 Å². The first-order valence-electron chi connectivity index (χ1n) is 6.33. The van der Waals surface area contributed by atoms with Gasteiger partial charge in [-0.15, -0.1) is 0 Å². The monoisotopic (exact) mass is 337 g/mol. The summed E-state index contributed by atoms with van der Waals surface area (Å²) in [5, 5.41) is 4.00. The van der Waals surface area contributed by atoms with Crippen molar-refractivity contribution in [1.82, 2.24) is 14.5 Å². The normalized spacial score (nSPS) is 14.1. The molecule has 22 heavy (non-hydrogen) atoms. The average Bonchev–Trinajstić information content (AvgIpc) is 3.09. The summed E-state index contributed by atoms with van der Waals surface area (Å²) in [6.07, 6.45) is -1.37. The molecule has 0 fully saturated rings. The van der Waals surface area contributed by atoms with Crippen LogP contribution in [0.2, 0.25) is 0 Å². The van der Waals surface area contributed by atoms with Crippen LogP contribution in [0.3, 0.4) is 0 Å². The van der Waals surface area contributed by atoms with Crippen molar-refractivity contribution in [1.29, 1.82) is 0 Å². The predicted octanol–water partition coefficient (Wildman–Crippen LogP) is 1.94. The van der Waals surface area contributed by atoms with Gasteiger partial charge in [-0.25, -0.2) is 13.1 Å². The first-order chi connectivity index (χ1) is 10.3. The molecular formula is C12H14F3N3O3S. The Kier molecular flexibility index (Phi) is 4.91. The van der Waals surface area contributed by atoms with Crippen molar-refractivity contribution in [3.63, 3.8) is 0 Å². The Morgan fingerprint density at radius 1 is 1.36 bits per heavy atom. The minimum Gasteiger partial charge on any atom is -0.467 e. The van der Waals surface area contributed by atoms with Gasteiger partial charge < -0.3 is 4.42 Å². The molecule has 0 saturated carbocycles. The van der Waals surface area contributed by atoms with Gasteiger partial charge in [0.25, 0.3) is 0 Å². The highest BCUT2D eigenvalue weighted by Gasteiger charge is 2.30. The second-order valence-electron chi connectivity index (χ2n) is 4.55. The Bertz CT molecular complexity index is 632. The highest BCUT2D eigenvalue weighted by atomic mass is 32.2. The van der Waals surface area contributed by atoms with E-state index in [0.717, 1.165) is 0 Å². The number of sulfonamides is 1. The fraction of sp³-hybridized carbons (Fsp3) is 0.417. The minimum absolute atomic E-state index is 0.157. The van der Waals surface area contributed by atoms with Crippen LogP contribution in [0.25, 0.3) is 0 Å². The van der Waals surface area contributed by atoms with E-state index in [-0.39, 0.29) is 6.54 Å². The van der Waals surface area contributed by atoms with Crippen LogP contribution in [0.1, 0.15) is 18.2 Å². The topological polar surface area (TPSA) is 77.1 Å². The highest BCUT2D eigenvalue weighted by Crippen LogP contribution is 2.21. The van der Waals surface area contributed by atoms with Crippen molar-refractivity contribution < 1.29 is 26.0 Å². The number of hydrogen-bond donors (Lipinski definition) is 1. The molecule has 1 atom stereocenters. The predicted molar refractivity (Wildman–Crippen MR) is 71.5 cm³/mol. The van der Waals surface area contributed by atoms with Crippen LogP contribution in [0.4, 0.5) is 13.2 Å². The van der Waals surface area contributed by atoms with Crippen LogP contribution < -0.4 is 4.72 Å². The molecule has 2 rings (SSSR count). The Morgan fingerprint density at radius 3 is 2.68 bits per heavy atom. The van der Waals surface area contributed by atoms with E-state index in [2.05, 4.69) is 9.82 Å². The Hall–Kier alpha value is -1.81. The molecule has 0 aromatic carbocycles. The molecule has 0 aliphatic rings. The zero-order valence-corrected chi connectivity index (χ0v) is 12.1. The van der Waals surface area contributed by atoms with Gasteiger partial charge in [0.05, 0.1) is 18.4 Å². The summed E-state index contributed by atoms with van der Waals surface area (Å²) in [5.74, 6) is -0.567. The number of nitrogens with one attached hydrogen (secondary N) is 1. The third-order valence-corrected chi connectivity index (χ3v) is 4.21. The largest absolute Gasteiger partial charge is 0.467 e. The number of nitrogens with zero attached hydrogens (tertiary/aromatic N) is 2. The fourth-order valence-corrected chi connectivity index (χ4v) is 2.85. The molecule has 0 aliphatic carbocycles. The SMILES string of the molecule is O=S(=O)(CCC(F)(F)F)NCC(c1ccco1)n1cccn1. The third kappa shape index (κ3) is 4.88. The third-order valence-electron chi connectivity index (χ3n) is 2.87. The van der Waals surface area contributed by atoms with Crippen molar-refractivity contribution in [2.45, 2.75) is 18.6 Å². The maximum Gasteiger partial charge on any atom is 0.390 e. The van der Waals surface area contributed by atoms with E-state index in [0.29, 0.717) is 5.76 Å². The maximum absolute atomic E-state index is 12.1. The lowest BCUT2D eigenvalue weighted by atomic mass is 10.2. The molecule has 2 heterocycles. The fourth-order valence-electron chi connectivity index (χ4n) is 1.80. The summed E-state index contributed by atoms with van der Waals surface area (Å²) in [6.45, 7) is -0.157. The molecule has 0 bridgehead atoms. The van der Waals surface area contributed by atoms with Gasteiger partial charge in [0, 0.05) is 18.9 Å². The molecule has 10 heteroatoms. The molecular weight excluding hydrogens is 323 g/mol. The Morgan fingerprint density at radius 2 is 2.14 bits per heavy atom. The lowest BCUT2D eigenvalue weighted by Gasteiger charge is -2.16. The van der Waals surface area contributed by atoms with Crippen LogP contribution in [-0.4, -0.2) is 36.7 Å². The molecule has 0 spiro atoms. The lowest BCUT2D eigenvalue weighted by Crippen LogP contribution is -2.34. The average molecular weight is 337 g/mol. The maximum atomic E-state index is 12.1. The van der Waals surface area contributed by atoms with E-state index < -0.39 is 34.4 Å². The van der Waals surface area contributed by atoms with E-state index in [4.69, 9.17) is 4.42 Å². The zero-order valence-electron chi connectivity index (χ0n) is 11.3. The van der Waals surface area contributed by atoms with Gasteiger partial charge in [0.15, 0.2) is 0 Å². The number of alkyl halides is 3. The van der Waals surface area contributed by atoms with Crippen LogP contribution in [0.5, 0.6) is 0 Å². The van der Waals surface area contributed by atoms with Crippen LogP contribution >= 0.6 is 0 Å². The summed E-state index contributed by atoms with van der Waals surface area (Å²) in [5.41, 5.74) is 0. The van der Waals surface area contributed by atoms with Gasteiger partial charge in [0.2, 0.25) is 10.0 Å². The van der Waals surface area contributed by atoms with Gasteiger partial charge in [-0.1, -0.05) is 0 Å². The van der Waals surface area contributed by atoms with E-state index >= 15 is 0 Å². The number of hydrogen-bond acceptors (Lipinski definition) is 4. The molecule has 1 N–H and O–H groups in total. The minimum atomic E-state index is -4.52. The van der Waals surface area contributed by atoms with Crippen molar-refractivity contribution in [2.75, 3.05) is 12.3 Å². The summed E-state index contributed by atoms with van der Waals surface area (Å²) in [6, 6.07) is 4.33. The van der Waals surface area contributed by atoms with Gasteiger partial charge >= 0.3 is 6.18 Å². The van der Waals surface area contributed by atoms with Gasteiger partial charge in [0.1, 0.15) is 11.8 Å². The van der Waals surface area contributed by atoms with E-state index in [1.807, 2.05) is 0 Å². The molecule has 2 aromatic heterocycles. The molecule has 6 nitrogen and oxygen atoms in total. The summed E-state index contributed by atoms with van der Waals surface area (Å²) >= 11 is 0. The summed E-state index contributed by atoms with van der Waals surface area (Å²) < 4.78 is 68.5. The quantitative estimate of drug-likeness (QED) is 0.838. The lowest BCUT2D eigenvalue weighted by molar-refractivity contribution is -0.129. The first-order valence-corrected chi connectivity index (χ1v) is 7.99. The van der Waals surface area contributed by atoms with Gasteiger partial charge in [-0.2, -0.15) is 18.3 Å². The van der Waals surface area contributed by atoms with Gasteiger partial charge in [-0.05, 0) is 18.2 Å². The number of furan rings is 1. The van der Waals surface area contributed by atoms with E-state index in [9.17, 15) is 21.6 Å². The zero-order chi connectivity index (χ0) is 16.2. The second-order valence-corrected chi connectivity index (χ2v) is 6.48. The first kappa shape index (κ1) is 16.6. The van der Waals surface area contributed by atoms with Crippen molar-refractivity contribution in [3.05, 3.63) is 42.6 Å². The van der Waals surface area contributed by atoms with Gasteiger partial charge in [-0.3, -0.25) is 4.68 Å². The molecule has 0 aliphatic heterocycles. The highest BCUT2D eigenvalue weighted by molar-refractivity contribution is 7.89. The second kappa shape index (κ2) is 6.53. The van der Waals surface area contributed by atoms with E-state index in [1.54, 1.807) is 24.4 Å². The molecule has 0 amide bonds. The molecule has 0 radical (unpaired) electrons. The Balaban J connectivity index is 2.03. The van der Waals surface area contributed by atoms with Crippen LogP contribution in [-0.2, 0) is 10.0 Å². The number of aromatic nitrogens is 2. The summed E-state index contributed by atoms with van der Waals surface area (Å²) in [4.78, 5) is 0. The molecule has 122 valence electrons. The Labute approximate surface area is 125 Å².